The molecule has 0 aliphatic heterocycles. The minimum absolute atomic E-state index is 0.113. The van der Waals surface area contributed by atoms with Crippen LogP contribution in [-0.2, 0) is 6.61 Å². The number of anilines is 1. The normalized spacial score (nSPS) is 10.2. The Labute approximate surface area is 119 Å². The average Bonchev–Trinajstić information content (AvgIpc) is 2.47. The van der Waals surface area contributed by atoms with Crippen molar-refractivity contribution in [2.24, 2.45) is 0 Å². The molecule has 0 saturated heterocycles. The number of nitrogens with zero attached hydrogens (tertiary/aromatic N) is 1. The molecule has 0 fully saturated rings. The average molecular weight is 294 g/mol. The maximum atomic E-state index is 13.4. The van der Waals surface area contributed by atoms with E-state index in [-0.39, 0.29) is 23.7 Å². The van der Waals surface area contributed by atoms with Gasteiger partial charge in [-0.1, -0.05) is 12.1 Å². The van der Waals surface area contributed by atoms with Gasteiger partial charge in [-0.25, -0.2) is 8.78 Å². The quantitative estimate of drug-likeness (QED) is 0.677. The van der Waals surface area contributed by atoms with E-state index in [9.17, 15) is 18.9 Å². The van der Waals surface area contributed by atoms with Crippen molar-refractivity contribution >= 4 is 11.4 Å². The molecule has 2 aromatic rings. The lowest BCUT2D eigenvalue weighted by Gasteiger charge is -2.11. The van der Waals surface area contributed by atoms with Gasteiger partial charge in [0, 0.05) is 24.7 Å². The molecule has 0 unspecified atom stereocenters. The SMILES string of the molecule is CNc1c(COc2cc(F)ccc2F)cccc1[N+](=O)[O-]. The van der Waals surface area contributed by atoms with Crippen molar-refractivity contribution in [3.63, 3.8) is 0 Å². The van der Waals surface area contributed by atoms with Crippen molar-refractivity contribution < 1.29 is 18.4 Å². The largest absolute Gasteiger partial charge is 0.486 e. The van der Waals surface area contributed by atoms with Crippen LogP contribution in [0.1, 0.15) is 5.56 Å². The molecule has 7 heteroatoms. The van der Waals surface area contributed by atoms with Crippen LogP contribution in [0.25, 0.3) is 0 Å². The van der Waals surface area contributed by atoms with E-state index in [1.54, 1.807) is 6.07 Å². The highest BCUT2D eigenvalue weighted by molar-refractivity contribution is 5.65. The molecule has 110 valence electrons. The number of nitro benzene ring substituents is 1. The van der Waals surface area contributed by atoms with Crippen LogP contribution in [0.2, 0.25) is 0 Å². The van der Waals surface area contributed by atoms with Gasteiger partial charge in [-0.3, -0.25) is 10.1 Å². The van der Waals surface area contributed by atoms with Gasteiger partial charge in [-0.2, -0.15) is 0 Å². The maximum Gasteiger partial charge on any atom is 0.292 e. The Hall–Kier alpha value is -2.70. The van der Waals surface area contributed by atoms with E-state index < -0.39 is 16.6 Å². The van der Waals surface area contributed by atoms with Crippen LogP contribution < -0.4 is 10.1 Å². The van der Waals surface area contributed by atoms with Gasteiger partial charge < -0.3 is 10.1 Å². The zero-order chi connectivity index (χ0) is 15.4. The molecule has 0 spiro atoms. The fraction of sp³-hybridized carbons (Fsp3) is 0.143. The molecule has 0 aliphatic carbocycles. The number of nitrogens with one attached hydrogen (secondary N) is 1. The summed E-state index contributed by atoms with van der Waals surface area (Å²) in [6, 6.07) is 7.31. The molecule has 0 atom stereocenters. The number of benzene rings is 2. The summed E-state index contributed by atoms with van der Waals surface area (Å²) in [4.78, 5) is 10.4. The standard InChI is InChI=1S/C14H12F2N2O3/c1-17-14-9(3-2-4-12(14)18(19)20)8-21-13-7-10(15)5-6-11(13)16/h2-7,17H,8H2,1H3. The van der Waals surface area contributed by atoms with E-state index in [0.717, 1.165) is 18.2 Å². The Morgan fingerprint density at radius 2 is 2.05 bits per heavy atom. The van der Waals surface area contributed by atoms with Crippen molar-refractivity contribution in [2.45, 2.75) is 6.61 Å². The van der Waals surface area contributed by atoms with Crippen molar-refractivity contribution in [1.29, 1.82) is 0 Å². The predicted octanol–water partition coefficient (Wildman–Crippen LogP) is 3.49. The van der Waals surface area contributed by atoms with Crippen molar-refractivity contribution in [1.82, 2.24) is 0 Å². The first-order valence-corrected chi connectivity index (χ1v) is 6.05. The molecule has 0 amide bonds. The summed E-state index contributed by atoms with van der Waals surface area (Å²) >= 11 is 0. The van der Waals surface area contributed by atoms with Gasteiger partial charge in [0.2, 0.25) is 0 Å². The van der Waals surface area contributed by atoms with E-state index >= 15 is 0 Å². The fourth-order valence-corrected chi connectivity index (χ4v) is 1.89. The first kappa shape index (κ1) is 14.7. The Balaban J connectivity index is 2.26. The monoisotopic (exact) mass is 294 g/mol. The van der Waals surface area contributed by atoms with E-state index in [1.165, 1.54) is 19.2 Å². The molecule has 0 aliphatic rings. The second kappa shape index (κ2) is 6.17. The molecule has 1 N–H and O–H groups in total. The van der Waals surface area contributed by atoms with Crippen molar-refractivity contribution in [3.05, 3.63) is 63.7 Å². The van der Waals surface area contributed by atoms with Crippen LogP contribution in [0.5, 0.6) is 5.75 Å². The summed E-state index contributed by atoms with van der Waals surface area (Å²) in [6.07, 6.45) is 0. The van der Waals surface area contributed by atoms with Gasteiger partial charge in [0.25, 0.3) is 5.69 Å². The van der Waals surface area contributed by atoms with Crippen LogP contribution in [0, 0.1) is 21.7 Å². The highest BCUT2D eigenvalue weighted by atomic mass is 19.1. The minimum atomic E-state index is -0.701. The number of hydrogen-bond acceptors (Lipinski definition) is 4. The summed E-state index contributed by atoms with van der Waals surface area (Å²) in [6.45, 7) is -0.127. The zero-order valence-electron chi connectivity index (χ0n) is 11.1. The molecule has 0 aromatic heterocycles. The number of halogens is 2. The molecule has 0 bridgehead atoms. The molecule has 0 saturated carbocycles. The number of ether oxygens (including phenoxy) is 1. The lowest BCUT2D eigenvalue weighted by molar-refractivity contribution is -0.384. The third-order valence-electron chi connectivity index (χ3n) is 2.85. The minimum Gasteiger partial charge on any atom is -0.486 e. The van der Waals surface area contributed by atoms with E-state index in [4.69, 9.17) is 4.74 Å². The lowest BCUT2D eigenvalue weighted by atomic mass is 10.1. The molecular formula is C14H12F2N2O3. The highest BCUT2D eigenvalue weighted by Crippen LogP contribution is 2.29. The van der Waals surface area contributed by atoms with E-state index in [1.807, 2.05) is 0 Å². The van der Waals surface area contributed by atoms with Gasteiger partial charge in [0.15, 0.2) is 11.6 Å². The highest BCUT2D eigenvalue weighted by Gasteiger charge is 2.16. The lowest BCUT2D eigenvalue weighted by Crippen LogP contribution is -2.04. The summed E-state index contributed by atoms with van der Waals surface area (Å²) in [5, 5.41) is 13.6. The van der Waals surface area contributed by atoms with Gasteiger partial charge in [0.05, 0.1) is 4.92 Å². The molecule has 0 radical (unpaired) electrons. The Kier molecular flexibility index (Phi) is 4.32. The Morgan fingerprint density at radius 3 is 2.71 bits per heavy atom. The third kappa shape index (κ3) is 3.25. The smallest absolute Gasteiger partial charge is 0.292 e. The van der Waals surface area contributed by atoms with Crippen LogP contribution in [0.15, 0.2) is 36.4 Å². The third-order valence-corrected chi connectivity index (χ3v) is 2.85. The van der Waals surface area contributed by atoms with Gasteiger partial charge in [0.1, 0.15) is 18.1 Å². The van der Waals surface area contributed by atoms with E-state index in [0.29, 0.717) is 5.56 Å². The number of hydrogen-bond donors (Lipinski definition) is 1. The van der Waals surface area contributed by atoms with Crippen LogP contribution >= 0.6 is 0 Å². The topological polar surface area (TPSA) is 64.4 Å². The molecule has 2 aromatic carbocycles. The van der Waals surface area contributed by atoms with Gasteiger partial charge >= 0.3 is 0 Å². The summed E-state index contributed by atoms with van der Waals surface area (Å²) in [5.41, 5.74) is 0.632. The maximum absolute atomic E-state index is 13.4. The van der Waals surface area contributed by atoms with Gasteiger partial charge in [-0.05, 0) is 12.1 Å². The molecule has 21 heavy (non-hydrogen) atoms. The Bertz CT molecular complexity index is 677. The molecular weight excluding hydrogens is 282 g/mol. The molecule has 2 rings (SSSR count). The van der Waals surface area contributed by atoms with Crippen molar-refractivity contribution in [3.8, 4) is 5.75 Å². The summed E-state index contributed by atoms with van der Waals surface area (Å²) in [7, 11) is 1.54. The van der Waals surface area contributed by atoms with E-state index in [2.05, 4.69) is 5.32 Å². The number of nitro groups is 1. The second-order valence-corrected chi connectivity index (χ2v) is 4.18. The summed E-state index contributed by atoms with van der Waals surface area (Å²) in [5.74, 6) is -1.57. The first-order valence-electron chi connectivity index (χ1n) is 6.05. The Morgan fingerprint density at radius 1 is 1.29 bits per heavy atom. The number of para-hydroxylation sites is 1. The number of rotatable bonds is 5. The molecule has 0 heterocycles. The van der Waals surface area contributed by atoms with Crippen LogP contribution in [0.4, 0.5) is 20.2 Å². The molecule has 5 nitrogen and oxygen atoms in total. The predicted molar refractivity (Wildman–Crippen MR) is 73.3 cm³/mol. The van der Waals surface area contributed by atoms with Crippen LogP contribution in [-0.4, -0.2) is 12.0 Å². The van der Waals surface area contributed by atoms with Gasteiger partial charge in [-0.15, -0.1) is 0 Å². The zero-order valence-corrected chi connectivity index (χ0v) is 11.1. The van der Waals surface area contributed by atoms with Crippen LogP contribution in [0.3, 0.4) is 0 Å². The first-order chi connectivity index (χ1) is 10.0. The fourth-order valence-electron chi connectivity index (χ4n) is 1.89. The second-order valence-electron chi connectivity index (χ2n) is 4.18. The summed E-state index contributed by atoms with van der Waals surface area (Å²) < 4.78 is 31.7. The van der Waals surface area contributed by atoms with Crippen molar-refractivity contribution in [2.75, 3.05) is 12.4 Å².